The van der Waals surface area contributed by atoms with Crippen LogP contribution < -0.4 is 15.2 Å². The molecule has 2 aromatic rings. The van der Waals surface area contributed by atoms with Crippen molar-refractivity contribution in [1.29, 1.82) is 0 Å². The average molecular weight is 404 g/mol. The van der Waals surface area contributed by atoms with E-state index in [1.165, 1.54) is 6.92 Å². The third kappa shape index (κ3) is 4.10. The molecule has 7 nitrogen and oxygen atoms in total. The summed E-state index contributed by atoms with van der Waals surface area (Å²) in [6.45, 7) is 2.57. The molecule has 154 valence electrons. The zero-order chi connectivity index (χ0) is 21.1. The quantitative estimate of drug-likeness (QED) is 0.803. The van der Waals surface area contributed by atoms with Crippen molar-refractivity contribution >= 4 is 34.7 Å². The van der Waals surface area contributed by atoms with E-state index in [4.69, 9.17) is 0 Å². The van der Waals surface area contributed by atoms with Crippen molar-refractivity contribution in [3.05, 3.63) is 60.2 Å². The minimum absolute atomic E-state index is 0.0339. The number of hydrogen-bond donors (Lipinski definition) is 1. The first-order valence-corrected chi connectivity index (χ1v) is 10.1. The van der Waals surface area contributed by atoms with Crippen LogP contribution in [-0.2, 0) is 20.9 Å². The zero-order valence-electron chi connectivity index (χ0n) is 16.9. The maximum Gasteiger partial charge on any atom is 0.267 e. The van der Waals surface area contributed by atoms with Gasteiger partial charge in [-0.1, -0.05) is 30.3 Å². The van der Waals surface area contributed by atoms with Gasteiger partial charge in [0.1, 0.15) is 11.8 Å². The van der Waals surface area contributed by atoms with Gasteiger partial charge < -0.3 is 10.2 Å². The number of hydrogen-bond acceptors (Lipinski definition) is 5. The Hall–Kier alpha value is -3.48. The number of anilines is 2. The van der Waals surface area contributed by atoms with Gasteiger partial charge in [-0.05, 0) is 43.2 Å². The number of rotatable bonds is 6. The van der Waals surface area contributed by atoms with Gasteiger partial charge in [0.05, 0.1) is 5.69 Å². The van der Waals surface area contributed by atoms with Crippen LogP contribution in [0.4, 0.5) is 11.4 Å². The van der Waals surface area contributed by atoms with Crippen LogP contribution in [0.1, 0.15) is 31.7 Å². The smallest absolute Gasteiger partial charge is 0.267 e. The highest BCUT2D eigenvalue weighted by Crippen LogP contribution is 2.25. The van der Waals surface area contributed by atoms with Gasteiger partial charge in [-0.3, -0.25) is 19.4 Å². The van der Waals surface area contributed by atoms with E-state index in [1.807, 2.05) is 54.6 Å². The maximum atomic E-state index is 12.7. The molecule has 2 aromatic carbocycles. The SMILES string of the molecule is CC(=O)C1CC(C(=O)NCc2cccc(N3CCCC3=O)c2)=NN1c1ccccc1. The molecule has 2 aliphatic rings. The summed E-state index contributed by atoms with van der Waals surface area (Å²) in [6.07, 6.45) is 1.73. The average Bonchev–Trinajstić information content (AvgIpc) is 3.40. The fraction of sp³-hybridized carbons (Fsp3) is 0.304. The van der Waals surface area contributed by atoms with Crippen LogP contribution in [0.15, 0.2) is 59.7 Å². The normalized spacial score (nSPS) is 18.5. The Morgan fingerprint density at radius 1 is 1.10 bits per heavy atom. The van der Waals surface area contributed by atoms with Gasteiger partial charge in [0.2, 0.25) is 5.91 Å². The van der Waals surface area contributed by atoms with Crippen LogP contribution in [0.3, 0.4) is 0 Å². The molecule has 7 heteroatoms. The van der Waals surface area contributed by atoms with Gasteiger partial charge in [0.25, 0.3) is 5.91 Å². The Kier molecular flexibility index (Phi) is 5.61. The summed E-state index contributed by atoms with van der Waals surface area (Å²) in [6, 6.07) is 16.5. The van der Waals surface area contributed by atoms with Crippen LogP contribution in [0.2, 0.25) is 0 Å². The van der Waals surface area contributed by atoms with E-state index < -0.39 is 6.04 Å². The maximum absolute atomic E-state index is 12.7. The second kappa shape index (κ2) is 8.49. The molecule has 1 atom stereocenters. The zero-order valence-corrected chi connectivity index (χ0v) is 16.9. The molecule has 0 spiro atoms. The molecule has 0 aliphatic carbocycles. The van der Waals surface area contributed by atoms with Gasteiger partial charge >= 0.3 is 0 Å². The minimum Gasteiger partial charge on any atom is -0.347 e. The summed E-state index contributed by atoms with van der Waals surface area (Å²) in [5.74, 6) is -0.191. The Balaban J connectivity index is 1.44. The Bertz CT molecular complexity index is 1000. The largest absolute Gasteiger partial charge is 0.347 e. The number of ketones is 1. The van der Waals surface area contributed by atoms with E-state index in [0.717, 1.165) is 29.9 Å². The summed E-state index contributed by atoms with van der Waals surface area (Å²) >= 11 is 0. The first-order chi connectivity index (χ1) is 14.5. The second-order valence-corrected chi connectivity index (χ2v) is 7.56. The van der Waals surface area contributed by atoms with Gasteiger partial charge in [0, 0.05) is 31.6 Å². The number of carbonyl (C=O) groups is 3. The molecule has 0 bridgehead atoms. The monoisotopic (exact) mass is 404 g/mol. The van der Waals surface area contributed by atoms with Crippen molar-refractivity contribution < 1.29 is 14.4 Å². The van der Waals surface area contributed by atoms with Crippen molar-refractivity contribution in [3.8, 4) is 0 Å². The fourth-order valence-corrected chi connectivity index (χ4v) is 3.82. The van der Waals surface area contributed by atoms with E-state index in [0.29, 0.717) is 18.7 Å². The van der Waals surface area contributed by atoms with Crippen molar-refractivity contribution in [1.82, 2.24) is 5.32 Å². The van der Waals surface area contributed by atoms with E-state index in [-0.39, 0.29) is 24.0 Å². The molecule has 4 rings (SSSR count). The predicted molar refractivity (Wildman–Crippen MR) is 115 cm³/mol. The van der Waals surface area contributed by atoms with Gasteiger partial charge in [-0.2, -0.15) is 5.10 Å². The third-order valence-electron chi connectivity index (χ3n) is 5.41. The van der Waals surface area contributed by atoms with Crippen LogP contribution in [-0.4, -0.2) is 35.9 Å². The molecular weight excluding hydrogens is 380 g/mol. The Morgan fingerprint density at radius 3 is 2.57 bits per heavy atom. The second-order valence-electron chi connectivity index (χ2n) is 7.56. The minimum atomic E-state index is -0.474. The Morgan fingerprint density at radius 2 is 1.87 bits per heavy atom. The summed E-state index contributed by atoms with van der Waals surface area (Å²) in [7, 11) is 0. The molecule has 30 heavy (non-hydrogen) atoms. The molecule has 0 saturated carbocycles. The molecule has 1 N–H and O–H groups in total. The van der Waals surface area contributed by atoms with Gasteiger partial charge in [-0.25, -0.2) is 0 Å². The highest BCUT2D eigenvalue weighted by atomic mass is 16.2. The summed E-state index contributed by atoms with van der Waals surface area (Å²) in [5, 5.41) is 8.94. The van der Waals surface area contributed by atoms with Crippen molar-refractivity contribution in [2.45, 2.75) is 38.8 Å². The number of amides is 2. The summed E-state index contributed by atoms with van der Waals surface area (Å²) in [4.78, 5) is 38.5. The lowest BCUT2D eigenvalue weighted by Gasteiger charge is -2.20. The van der Waals surface area contributed by atoms with E-state index in [2.05, 4.69) is 10.4 Å². The molecule has 1 saturated heterocycles. The van der Waals surface area contributed by atoms with Crippen LogP contribution in [0.25, 0.3) is 0 Å². The number of carbonyl (C=O) groups excluding carboxylic acids is 3. The van der Waals surface area contributed by atoms with Crippen LogP contribution >= 0.6 is 0 Å². The van der Waals surface area contributed by atoms with Crippen LogP contribution in [0.5, 0.6) is 0 Å². The number of benzene rings is 2. The van der Waals surface area contributed by atoms with E-state index in [9.17, 15) is 14.4 Å². The lowest BCUT2D eigenvalue weighted by Crippen LogP contribution is -2.34. The lowest BCUT2D eigenvalue weighted by molar-refractivity contribution is -0.118. The number of nitrogens with zero attached hydrogens (tertiary/aromatic N) is 3. The lowest BCUT2D eigenvalue weighted by atomic mass is 10.1. The van der Waals surface area contributed by atoms with Gasteiger partial charge in [0.15, 0.2) is 5.78 Å². The van der Waals surface area contributed by atoms with Crippen molar-refractivity contribution in [2.24, 2.45) is 5.10 Å². The molecule has 0 radical (unpaired) electrons. The number of hydrazone groups is 1. The molecule has 2 heterocycles. The Labute approximate surface area is 175 Å². The van der Waals surface area contributed by atoms with E-state index in [1.54, 1.807) is 9.91 Å². The molecule has 1 unspecified atom stereocenters. The number of para-hydroxylation sites is 1. The number of nitrogens with one attached hydrogen (secondary N) is 1. The third-order valence-corrected chi connectivity index (χ3v) is 5.41. The highest BCUT2D eigenvalue weighted by Gasteiger charge is 2.34. The topological polar surface area (TPSA) is 82.1 Å². The van der Waals surface area contributed by atoms with Crippen molar-refractivity contribution in [3.63, 3.8) is 0 Å². The van der Waals surface area contributed by atoms with E-state index >= 15 is 0 Å². The predicted octanol–water partition coefficient (Wildman–Crippen LogP) is 2.65. The number of Topliss-reactive ketones (excluding diaryl/α,β-unsaturated/α-hetero) is 1. The first-order valence-electron chi connectivity index (χ1n) is 10.1. The van der Waals surface area contributed by atoms with Crippen molar-refractivity contribution in [2.75, 3.05) is 16.5 Å². The molecule has 2 aliphatic heterocycles. The molecule has 2 amide bonds. The fourth-order valence-electron chi connectivity index (χ4n) is 3.82. The first kappa shape index (κ1) is 19.8. The standard InChI is InChI=1S/C23H24N4O3/c1-16(28)21-14-20(25-27(21)18-8-3-2-4-9-18)23(30)24-15-17-7-5-10-19(13-17)26-12-6-11-22(26)29/h2-5,7-10,13,21H,6,11-12,14-15H2,1H3,(H,24,30). The molecule has 1 fully saturated rings. The highest BCUT2D eigenvalue weighted by molar-refractivity contribution is 6.40. The molecule has 0 aromatic heterocycles. The summed E-state index contributed by atoms with van der Waals surface area (Å²) in [5.41, 5.74) is 2.88. The summed E-state index contributed by atoms with van der Waals surface area (Å²) < 4.78 is 0. The van der Waals surface area contributed by atoms with Gasteiger partial charge in [-0.15, -0.1) is 0 Å². The molecular formula is C23H24N4O3. The van der Waals surface area contributed by atoms with Crippen LogP contribution in [0, 0.1) is 0 Å².